The van der Waals surface area contributed by atoms with E-state index in [4.69, 9.17) is 9.47 Å². The van der Waals surface area contributed by atoms with Crippen molar-refractivity contribution < 1.29 is 34.7 Å². The number of ether oxygens (including phenoxy) is 2. The van der Waals surface area contributed by atoms with Crippen LogP contribution >= 0.6 is 0 Å². The first kappa shape index (κ1) is 14.8. The highest BCUT2D eigenvalue weighted by Crippen LogP contribution is 2.79. The highest BCUT2D eigenvalue weighted by molar-refractivity contribution is 5.73. The van der Waals surface area contributed by atoms with Crippen molar-refractivity contribution in [2.45, 2.75) is 68.7 Å². The summed E-state index contributed by atoms with van der Waals surface area (Å²) < 4.78 is 11.1. The number of carbonyl (C=O) groups excluding carboxylic acids is 1. The van der Waals surface area contributed by atoms with Gasteiger partial charge in [-0.1, -0.05) is 6.92 Å². The van der Waals surface area contributed by atoms with E-state index in [0.29, 0.717) is 12.8 Å². The highest BCUT2D eigenvalue weighted by atomic mass is 16.7. The lowest BCUT2D eigenvalue weighted by Crippen LogP contribution is -2.76. The Morgan fingerprint density at radius 2 is 1.77 bits per heavy atom. The summed E-state index contributed by atoms with van der Waals surface area (Å²) >= 11 is 0. The fourth-order valence-electron chi connectivity index (χ4n) is 5.84. The zero-order valence-corrected chi connectivity index (χ0v) is 12.9. The van der Waals surface area contributed by atoms with Gasteiger partial charge >= 0.3 is 5.97 Å². The molecule has 3 heterocycles. The molecule has 0 aromatic carbocycles. The lowest BCUT2D eigenvalue weighted by Gasteiger charge is -2.58. The van der Waals surface area contributed by atoms with Crippen LogP contribution in [0.25, 0.3) is 0 Å². The van der Waals surface area contributed by atoms with Crippen molar-refractivity contribution >= 4 is 5.97 Å². The van der Waals surface area contributed by atoms with E-state index in [1.807, 2.05) is 0 Å². The standard InChI is InChI=1S/C15H22O7/c1-10-7-21-8(16)6-13-9(17)15(20,12(10,3)19)22-14(10,13)5-4-11(13,2)18/h9,17-20H,4-7H2,1-3H3/t9-,10+,11-,12+,13-,14-,15-/m0/s1. The second kappa shape index (κ2) is 3.37. The van der Waals surface area contributed by atoms with Gasteiger partial charge in [0.15, 0.2) is 0 Å². The van der Waals surface area contributed by atoms with Crippen LogP contribution in [0, 0.1) is 10.8 Å². The Morgan fingerprint density at radius 1 is 1.14 bits per heavy atom. The summed E-state index contributed by atoms with van der Waals surface area (Å²) in [6.45, 7) is 4.49. The van der Waals surface area contributed by atoms with Gasteiger partial charge in [0.25, 0.3) is 0 Å². The number of aliphatic hydroxyl groups is 4. The Labute approximate surface area is 127 Å². The molecule has 7 nitrogen and oxygen atoms in total. The van der Waals surface area contributed by atoms with Gasteiger partial charge in [0.2, 0.25) is 5.79 Å². The predicted molar refractivity (Wildman–Crippen MR) is 71.4 cm³/mol. The Hall–Kier alpha value is -0.730. The molecule has 0 aromatic rings. The van der Waals surface area contributed by atoms with E-state index >= 15 is 0 Å². The predicted octanol–water partition coefficient (Wildman–Crippen LogP) is -0.946. The van der Waals surface area contributed by atoms with E-state index in [0.717, 1.165) is 0 Å². The first-order valence-electron chi connectivity index (χ1n) is 7.63. The molecule has 0 radical (unpaired) electrons. The molecule has 3 saturated heterocycles. The molecule has 124 valence electrons. The highest BCUT2D eigenvalue weighted by Gasteiger charge is 2.95. The SMILES string of the molecule is C[C@@]1(O)[C@@]2(C)COC(=O)C[C@@]34[C@H](O)[C@]1(O)O[C@@]23CC[C@]4(C)O. The molecule has 0 unspecified atom stereocenters. The largest absolute Gasteiger partial charge is 0.465 e. The summed E-state index contributed by atoms with van der Waals surface area (Å²) in [6.07, 6.45) is -1.22. The molecular formula is C15H22O7. The summed E-state index contributed by atoms with van der Waals surface area (Å²) in [7, 11) is 0. The van der Waals surface area contributed by atoms with Crippen molar-refractivity contribution in [1.82, 2.24) is 0 Å². The monoisotopic (exact) mass is 314 g/mol. The maximum Gasteiger partial charge on any atom is 0.306 e. The topological polar surface area (TPSA) is 116 Å². The summed E-state index contributed by atoms with van der Waals surface area (Å²) in [5, 5.41) is 43.8. The number of esters is 1. The van der Waals surface area contributed by atoms with Crippen LogP contribution < -0.4 is 0 Å². The number of hydrogen-bond acceptors (Lipinski definition) is 7. The van der Waals surface area contributed by atoms with Crippen molar-refractivity contribution in [1.29, 1.82) is 0 Å². The molecule has 0 amide bonds. The minimum atomic E-state index is -2.25. The van der Waals surface area contributed by atoms with Crippen molar-refractivity contribution in [3.05, 3.63) is 0 Å². The fourth-order valence-corrected chi connectivity index (χ4v) is 5.84. The van der Waals surface area contributed by atoms with Gasteiger partial charge in [-0.3, -0.25) is 4.79 Å². The molecule has 1 aliphatic carbocycles. The molecule has 4 N–H and O–H groups in total. The molecule has 22 heavy (non-hydrogen) atoms. The van der Waals surface area contributed by atoms with E-state index in [-0.39, 0.29) is 13.0 Å². The zero-order valence-electron chi connectivity index (χ0n) is 12.9. The average Bonchev–Trinajstić information content (AvgIpc) is 2.78. The second-order valence-electron chi connectivity index (χ2n) is 8.02. The van der Waals surface area contributed by atoms with Crippen molar-refractivity contribution in [2.24, 2.45) is 10.8 Å². The van der Waals surface area contributed by atoms with Crippen LogP contribution in [0.2, 0.25) is 0 Å². The van der Waals surface area contributed by atoms with Gasteiger partial charge in [0.1, 0.15) is 18.3 Å². The second-order valence-corrected chi connectivity index (χ2v) is 8.02. The average molecular weight is 314 g/mol. The van der Waals surface area contributed by atoms with Crippen LogP contribution in [0.15, 0.2) is 0 Å². The van der Waals surface area contributed by atoms with Crippen molar-refractivity contribution in [3.8, 4) is 0 Å². The quantitative estimate of drug-likeness (QED) is 0.426. The van der Waals surface area contributed by atoms with Gasteiger partial charge in [-0.2, -0.15) is 0 Å². The molecule has 3 aliphatic heterocycles. The molecule has 4 fully saturated rings. The van der Waals surface area contributed by atoms with Crippen LogP contribution in [-0.4, -0.2) is 61.7 Å². The fraction of sp³-hybridized carbons (Fsp3) is 0.933. The van der Waals surface area contributed by atoms with Gasteiger partial charge in [-0.15, -0.1) is 0 Å². The van der Waals surface area contributed by atoms with Gasteiger partial charge in [-0.05, 0) is 26.7 Å². The van der Waals surface area contributed by atoms with Gasteiger partial charge in [0.05, 0.1) is 28.5 Å². The summed E-state index contributed by atoms with van der Waals surface area (Å²) in [5.41, 5.74) is -7.01. The zero-order chi connectivity index (χ0) is 16.4. The number of carbonyl (C=O) groups is 1. The molecule has 2 bridgehead atoms. The number of hydrogen-bond donors (Lipinski definition) is 4. The minimum absolute atomic E-state index is 0.133. The van der Waals surface area contributed by atoms with E-state index in [2.05, 4.69) is 0 Å². The van der Waals surface area contributed by atoms with Gasteiger partial charge < -0.3 is 29.9 Å². The summed E-state index contributed by atoms with van der Waals surface area (Å²) in [4.78, 5) is 12.2. The van der Waals surface area contributed by atoms with Crippen LogP contribution in [0.1, 0.15) is 40.0 Å². The molecular weight excluding hydrogens is 292 g/mol. The van der Waals surface area contributed by atoms with Crippen LogP contribution in [-0.2, 0) is 14.3 Å². The molecule has 4 aliphatic rings. The molecule has 1 saturated carbocycles. The van der Waals surface area contributed by atoms with Crippen molar-refractivity contribution in [2.75, 3.05) is 6.61 Å². The third-order valence-corrected chi connectivity index (χ3v) is 7.42. The maximum atomic E-state index is 12.2. The van der Waals surface area contributed by atoms with Crippen LogP contribution in [0.4, 0.5) is 0 Å². The Bertz CT molecular complexity index is 586. The first-order valence-corrected chi connectivity index (χ1v) is 7.63. The molecule has 4 rings (SSSR count). The van der Waals surface area contributed by atoms with Crippen LogP contribution in [0.3, 0.4) is 0 Å². The Kier molecular flexibility index (Phi) is 2.27. The third kappa shape index (κ3) is 0.998. The molecule has 1 spiro atoms. The first-order chi connectivity index (χ1) is 9.92. The van der Waals surface area contributed by atoms with Gasteiger partial charge in [0, 0.05) is 0 Å². The lowest BCUT2D eigenvalue weighted by molar-refractivity contribution is -0.303. The van der Waals surface area contributed by atoms with E-state index in [1.54, 1.807) is 13.8 Å². The number of aliphatic hydroxyl groups excluding tert-OH is 1. The van der Waals surface area contributed by atoms with Crippen LogP contribution in [0.5, 0.6) is 0 Å². The summed E-state index contributed by atoms with van der Waals surface area (Å²) in [5.74, 6) is -2.82. The van der Waals surface area contributed by atoms with Crippen molar-refractivity contribution in [3.63, 3.8) is 0 Å². The van der Waals surface area contributed by atoms with E-state index < -0.39 is 45.5 Å². The Balaban J connectivity index is 2.09. The molecule has 0 aromatic heterocycles. The summed E-state index contributed by atoms with van der Waals surface area (Å²) in [6, 6.07) is 0. The molecule has 7 atom stereocenters. The third-order valence-electron chi connectivity index (χ3n) is 7.42. The maximum absolute atomic E-state index is 12.2. The number of rotatable bonds is 0. The normalized spacial score (nSPS) is 66.1. The Morgan fingerprint density at radius 3 is 2.41 bits per heavy atom. The smallest absolute Gasteiger partial charge is 0.306 e. The number of cyclic esters (lactones) is 1. The molecule has 7 heteroatoms. The number of fused-ring (bicyclic) bond motifs is 1. The van der Waals surface area contributed by atoms with Gasteiger partial charge in [-0.25, -0.2) is 0 Å². The lowest BCUT2D eigenvalue weighted by atomic mass is 9.46. The minimum Gasteiger partial charge on any atom is -0.465 e. The van der Waals surface area contributed by atoms with E-state index in [1.165, 1.54) is 6.92 Å². The van der Waals surface area contributed by atoms with E-state index in [9.17, 15) is 25.2 Å².